The predicted molar refractivity (Wildman–Crippen MR) is 86.3 cm³/mol. The number of ether oxygens (including phenoxy) is 1. The minimum atomic E-state index is 0.135. The lowest BCUT2D eigenvalue weighted by atomic mass is 9.88. The molecule has 0 aliphatic rings. The van der Waals surface area contributed by atoms with Gasteiger partial charge in [-0.15, -0.1) is 0 Å². The summed E-state index contributed by atoms with van der Waals surface area (Å²) >= 11 is 0. The third kappa shape index (κ3) is 6.40. The van der Waals surface area contributed by atoms with Crippen LogP contribution in [0.25, 0.3) is 0 Å². The maximum Gasteiger partial charge on any atom is 0.213 e. The minimum Gasteiger partial charge on any atom is -0.475 e. The summed E-state index contributed by atoms with van der Waals surface area (Å²) in [6, 6.07) is 4.14. The quantitative estimate of drug-likeness (QED) is 0.722. The van der Waals surface area contributed by atoms with E-state index in [1.54, 1.807) is 0 Å². The van der Waals surface area contributed by atoms with Gasteiger partial charge in [-0.1, -0.05) is 41.5 Å². The Kier molecular flexibility index (Phi) is 5.61. The van der Waals surface area contributed by atoms with Crippen molar-refractivity contribution in [2.75, 3.05) is 0 Å². The van der Waals surface area contributed by atoms with E-state index in [-0.39, 0.29) is 11.5 Å². The largest absolute Gasteiger partial charge is 0.475 e. The van der Waals surface area contributed by atoms with Crippen LogP contribution < -0.4 is 4.74 Å². The van der Waals surface area contributed by atoms with Gasteiger partial charge in [0, 0.05) is 12.3 Å². The van der Waals surface area contributed by atoms with E-state index in [1.165, 1.54) is 18.4 Å². The molecule has 1 rings (SSSR count). The second-order valence-corrected chi connectivity index (χ2v) is 8.01. The maximum absolute atomic E-state index is 5.95. The molecule has 0 radical (unpaired) electrons. The Morgan fingerprint density at radius 1 is 1.15 bits per heavy atom. The van der Waals surface area contributed by atoms with Gasteiger partial charge in [0.2, 0.25) is 5.88 Å². The number of hydrogen-bond acceptors (Lipinski definition) is 2. The van der Waals surface area contributed by atoms with Crippen molar-refractivity contribution in [2.24, 2.45) is 5.41 Å². The lowest BCUT2D eigenvalue weighted by Gasteiger charge is -2.21. The van der Waals surface area contributed by atoms with Gasteiger partial charge in [-0.2, -0.15) is 0 Å². The summed E-state index contributed by atoms with van der Waals surface area (Å²) in [5, 5.41) is 0. The van der Waals surface area contributed by atoms with E-state index in [0.717, 1.165) is 12.3 Å². The molecule has 1 unspecified atom stereocenters. The maximum atomic E-state index is 5.95. The zero-order chi connectivity index (χ0) is 15.4. The van der Waals surface area contributed by atoms with Crippen molar-refractivity contribution in [3.05, 3.63) is 23.9 Å². The van der Waals surface area contributed by atoms with E-state index < -0.39 is 0 Å². The second-order valence-electron chi connectivity index (χ2n) is 8.01. The van der Waals surface area contributed by atoms with E-state index in [4.69, 9.17) is 4.74 Å². The molecule has 0 N–H and O–H groups in total. The standard InChI is InChI=1S/C18H31NO/c1-14(9-8-11-17(2,3)4)20-16-13-15(10-12-19-16)18(5,6)7/h10,12-14H,8-9,11H2,1-7H3. The molecule has 0 aromatic carbocycles. The van der Waals surface area contributed by atoms with Crippen molar-refractivity contribution >= 4 is 0 Å². The summed E-state index contributed by atoms with van der Waals surface area (Å²) in [6.07, 6.45) is 5.58. The SMILES string of the molecule is CC(CCCC(C)(C)C)Oc1cc(C(C)(C)C)ccn1. The molecule has 114 valence electrons. The van der Waals surface area contributed by atoms with E-state index in [1.807, 2.05) is 6.20 Å². The van der Waals surface area contributed by atoms with E-state index in [2.05, 4.69) is 65.6 Å². The molecule has 0 saturated carbocycles. The van der Waals surface area contributed by atoms with Crippen LogP contribution in [-0.4, -0.2) is 11.1 Å². The molecular weight excluding hydrogens is 246 g/mol. The van der Waals surface area contributed by atoms with Crippen LogP contribution in [0.5, 0.6) is 5.88 Å². The Morgan fingerprint density at radius 2 is 1.80 bits per heavy atom. The highest BCUT2D eigenvalue weighted by molar-refractivity contribution is 5.26. The van der Waals surface area contributed by atoms with Crippen LogP contribution in [0.15, 0.2) is 18.3 Å². The molecule has 0 amide bonds. The molecule has 20 heavy (non-hydrogen) atoms. The summed E-state index contributed by atoms with van der Waals surface area (Å²) in [7, 11) is 0. The normalized spacial score (nSPS) is 14.2. The van der Waals surface area contributed by atoms with Gasteiger partial charge in [0.1, 0.15) is 0 Å². The fraction of sp³-hybridized carbons (Fsp3) is 0.722. The average molecular weight is 277 g/mol. The molecule has 1 atom stereocenters. The first-order valence-corrected chi connectivity index (χ1v) is 7.71. The molecule has 0 fully saturated rings. The van der Waals surface area contributed by atoms with Crippen molar-refractivity contribution in [1.29, 1.82) is 0 Å². The fourth-order valence-electron chi connectivity index (χ4n) is 2.13. The fourth-order valence-corrected chi connectivity index (χ4v) is 2.13. The molecule has 0 saturated heterocycles. The summed E-state index contributed by atoms with van der Waals surface area (Å²) < 4.78 is 5.95. The minimum absolute atomic E-state index is 0.135. The van der Waals surface area contributed by atoms with Gasteiger partial charge in [0.15, 0.2) is 0 Å². The zero-order valence-corrected chi connectivity index (χ0v) is 14.3. The number of rotatable bonds is 5. The van der Waals surface area contributed by atoms with Crippen molar-refractivity contribution in [1.82, 2.24) is 4.98 Å². The third-order valence-electron chi connectivity index (χ3n) is 3.46. The van der Waals surface area contributed by atoms with Gasteiger partial charge in [0.05, 0.1) is 6.10 Å². The van der Waals surface area contributed by atoms with Crippen molar-refractivity contribution in [3.63, 3.8) is 0 Å². The Morgan fingerprint density at radius 3 is 2.35 bits per heavy atom. The highest BCUT2D eigenvalue weighted by Crippen LogP contribution is 2.26. The topological polar surface area (TPSA) is 22.1 Å². The van der Waals surface area contributed by atoms with Crippen LogP contribution in [0.2, 0.25) is 0 Å². The van der Waals surface area contributed by atoms with Gasteiger partial charge in [-0.25, -0.2) is 4.98 Å². The summed E-state index contributed by atoms with van der Waals surface area (Å²) in [5.41, 5.74) is 1.81. The Labute approximate surface area is 125 Å². The lowest BCUT2D eigenvalue weighted by molar-refractivity contribution is 0.191. The van der Waals surface area contributed by atoms with Crippen LogP contribution in [0.4, 0.5) is 0 Å². The predicted octanol–water partition coefficient (Wildman–Crippen LogP) is 5.36. The first kappa shape index (κ1) is 17.0. The molecule has 0 aliphatic heterocycles. The van der Waals surface area contributed by atoms with Crippen molar-refractivity contribution in [3.8, 4) is 5.88 Å². The van der Waals surface area contributed by atoms with Gasteiger partial charge in [0.25, 0.3) is 0 Å². The molecule has 2 nitrogen and oxygen atoms in total. The first-order chi connectivity index (χ1) is 9.08. The van der Waals surface area contributed by atoms with Crippen LogP contribution in [0.3, 0.4) is 0 Å². The van der Waals surface area contributed by atoms with Crippen molar-refractivity contribution < 1.29 is 4.74 Å². The number of aromatic nitrogens is 1. The summed E-state index contributed by atoms with van der Waals surface area (Å²) in [6.45, 7) is 15.6. The summed E-state index contributed by atoms with van der Waals surface area (Å²) in [4.78, 5) is 4.33. The third-order valence-corrected chi connectivity index (χ3v) is 3.46. The molecule has 1 aromatic heterocycles. The molecule has 0 aliphatic carbocycles. The molecule has 1 aromatic rings. The zero-order valence-electron chi connectivity index (χ0n) is 14.3. The monoisotopic (exact) mass is 277 g/mol. The Hall–Kier alpha value is -1.05. The molecule has 1 heterocycles. The number of hydrogen-bond donors (Lipinski definition) is 0. The lowest BCUT2D eigenvalue weighted by Crippen LogP contribution is -2.16. The molecule has 0 spiro atoms. The van der Waals surface area contributed by atoms with Gasteiger partial charge in [-0.3, -0.25) is 0 Å². The average Bonchev–Trinajstić information content (AvgIpc) is 2.26. The first-order valence-electron chi connectivity index (χ1n) is 7.71. The van der Waals surface area contributed by atoms with Crippen LogP contribution in [0, 0.1) is 5.41 Å². The second kappa shape index (κ2) is 6.60. The highest BCUT2D eigenvalue weighted by atomic mass is 16.5. The van der Waals surface area contributed by atoms with Crippen LogP contribution in [-0.2, 0) is 5.41 Å². The summed E-state index contributed by atoms with van der Waals surface area (Å²) in [5.74, 6) is 0.751. The van der Waals surface area contributed by atoms with Crippen LogP contribution >= 0.6 is 0 Å². The van der Waals surface area contributed by atoms with Crippen molar-refractivity contribution in [2.45, 2.75) is 79.2 Å². The van der Waals surface area contributed by atoms with E-state index >= 15 is 0 Å². The van der Waals surface area contributed by atoms with Gasteiger partial charge in [-0.05, 0) is 48.6 Å². The van der Waals surface area contributed by atoms with Gasteiger partial charge < -0.3 is 4.74 Å². The molecule has 2 heteroatoms. The Bertz CT molecular complexity index is 412. The molecule has 0 bridgehead atoms. The smallest absolute Gasteiger partial charge is 0.213 e. The molecular formula is C18H31NO. The van der Waals surface area contributed by atoms with Gasteiger partial charge >= 0.3 is 0 Å². The number of pyridine rings is 1. The van der Waals surface area contributed by atoms with Crippen LogP contribution in [0.1, 0.15) is 73.3 Å². The van der Waals surface area contributed by atoms with E-state index in [0.29, 0.717) is 5.41 Å². The van der Waals surface area contributed by atoms with E-state index in [9.17, 15) is 0 Å². The number of nitrogens with zero attached hydrogens (tertiary/aromatic N) is 1. The highest BCUT2D eigenvalue weighted by Gasteiger charge is 2.16. The Balaban J connectivity index is 2.52.